The van der Waals surface area contributed by atoms with Crippen LogP contribution in [0, 0.1) is 0 Å². The molecule has 0 spiro atoms. The van der Waals surface area contributed by atoms with Crippen molar-refractivity contribution in [2.24, 2.45) is 0 Å². The molecule has 15 heteroatoms. The number of aromatic nitrogens is 3. The minimum Gasteiger partial charge on any atom is -0.497 e. The van der Waals surface area contributed by atoms with Gasteiger partial charge in [-0.2, -0.15) is 4.98 Å². The summed E-state index contributed by atoms with van der Waals surface area (Å²) in [5.41, 5.74) is 0.791. The summed E-state index contributed by atoms with van der Waals surface area (Å²) in [6, 6.07) is 34.8. The summed E-state index contributed by atoms with van der Waals surface area (Å²) in [7, 11) is 1.70. The maximum atomic E-state index is 13.7. The fraction of sp³-hybridized carbons (Fsp3) is 0.391. The zero-order valence-corrected chi connectivity index (χ0v) is 36.7. The van der Waals surface area contributed by atoms with Crippen molar-refractivity contribution in [3.8, 4) is 17.2 Å². The molecule has 2 heterocycles. The van der Waals surface area contributed by atoms with Crippen LogP contribution in [0.25, 0.3) is 0 Å². The summed E-state index contributed by atoms with van der Waals surface area (Å²) >= 11 is 0. The third-order valence-corrected chi connectivity index (χ3v) is 12.3. The molecule has 14 nitrogen and oxygen atoms in total. The van der Waals surface area contributed by atoms with Crippen LogP contribution in [0.1, 0.15) is 70.4 Å². The quantitative estimate of drug-likeness (QED) is 0.0562. The van der Waals surface area contributed by atoms with Gasteiger partial charge in [0.1, 0.15) is 41.5 Å². The van der Waals surface area contributed by atoms with Gasteiger partial charge in [-0.25, -0.2) is 14.4 Å². The molecule has 4 aromatic carbocycles. The third kappa shape index (κ3) is 11.2. The highest BCUT2D eigenvalue weighted by Gasteiger charge is 2.45. The lowest BCUT2D eigenvalue weighted by Crippen LogP contribution is -2.39. The molecule has 324 valence electrons. The van der Waals surface area contributed by atoms with E-state index in [0.717, 1.165) is 23.1 Å². The predicted molar refractivity (Wildman–Crippen MR) is 234 cm³/mol. The van der Waals surface area contributed by atoms with Crippen molar-refractivity contribution >= 4 is 20.4 Å². The van der Waals surface area contributed by atoms with Crippen molar-refractivity contribution in [1.29, 1.82) is 0 Å². The first-order valence-corrected chi connectivity index (χ1v) is 21.6. The number of methoxy groups -OCH3 is 2. The molecule has 0 saturated carbocycles. The zero-order chi connectivity index (χ0) is 43.4. The number of ether oxygens (including phenoxy) is 5. The Labute approximate surface area is 359 Å². The molecule has 4 atom stereocenters. The summed E-state index contributed by atoms with van der Waals surface area (Å²) in [6.45, 7) is 10.8. The number of rotatable bonds is 21. The molecule has 0 radical (unpaired) electrons. The molecule has 5 aromatic rings. The van der Waals surface area contributed by atoms with Crippen LogP contribution >= 0.6 is 8.53 Å². The van der Waals surface area contributed by atoms with Crippen LogP contribution in [0.2, 0.25) is 0 Å². The molecule has 1 fully saturated rings. The molecule has 1 amide bonds. The van der Waals surface area contributed by atoms with E-state index in [1.165, 1.54) is 10.9 Å². The molecule has 6 rings (SSSR count). The number of amides is 1. The van der Waals surface area contributed by atoms with Crippen molar-refractivity contribution in [1.82, 2.24) is 19.2 Å². The largest absolute Gasteiger partial charge is 0.497 e. The summed E-state index contributed by atoms with van der Waals surface area (Å²) in [5.74, 6) is 1.27. The van der Waals surface area contributed by atoms with Gasteiger partial charge in [-0.1, -0.05) is 79.7 Å². The lowest BCUT2D eigenvalue weighted by molar-refractivity contribution is -0.118. The van der Waals surface area contributed by atoms with E-state index in [1.54, 1.807) is 38.5 Å². The second-order valence-electron chi connectivity index (χ2n) is 15.0. The van der Waals surface area contributed by atoms with Gasteiger partial charge < -0.3 is 32.7 Å². The Morgan fingerprint density at radius 2 is 1.43 bits per heavy atom. The van der Waals surface area contributed by atoms with E-state index in [9.17, 15) is 9.59 Å². The van der Waals surface area contributed by atoms with Gasteiger partial charge in [0, 0.05) is 18.5 Å². The number of nitrogens with zero attached hydrogens (tertiary/aromatic N) is 4. The molecule has 1 aliphatic heterocycles. The molecule has 1 unspecified atom stereocenters. The first-order valence-electron chi connectivity index (χ1n) is 20.5. The maximum absolute atomic E-state index is 13.7. The van der Waals surface area contributed by atoms with E-state index in [1.807, 2.05) is 84.9 Å². The van der Waals surface area contributed by atoms with E-state index in [-0.39, 0.29) is 37.7 Å². The highest BCUT2D eigenvalue weighted by atomic mass is 31.2. The Hall–Kier alpha value is -5.21. The van der Waals surface area contributed by atoms with Gasteiger partial charge in [0.05, 0.1) is 33.5 Å². The highest BCUT2D eigenvalue weighted by molar-refractivity contribution is 7.44. The normalized spacial score (nSPS) is 17.1. The highest BCUT2D eigenvalue weighted by Crippen LogP contribution is 2.50. The summed E-state index contributed by atoms with van der Waals surface area (Å²) in [4.78, 5) is 34.7. The fourth-order valence-corrected chi connectivity index (χ4v) is 9.10. The van der Waals surface area contributed by atoms with Crippen LogP contribution in [0.4, 0.5) is 5.95 Å². The number of hydrogen-bond acceptors (Lipinski definition) is 12. The number of anilines is 1. The maximum Gasteiger partial charge on any atom is 0.354 e. The van der Waals surface area contributed by atoms with E-state index in [4.69, 9.17) is 32.7 Å². The molecule has 1 aromatic heterocycles. The number of para-hydroxylation sites is 1. The Kier molecular flexibility index (Phi) is 16.0. The van der Waals surface area contributed by atoms with Crippen LogP contribution in [-0.4, -0.2) is 83.4 Å². The molecular weight excluding hydrogens is 798 g/mol. The van der Waals surface area contributed by atoms with Gasteiger partial charge in [-0.05, 0) is 87.2 Å². The zero-order valence-electron chi connectivity index (χ0n) is 35.8. The molecule has 61 heavy (non-hydrogen) atoms. The SMILES string of the molecule is CCCOP(O[C@@H]1C[C@H](n2cnc(NC(=O)COc3ccccc3)nc2=O)O[C@@H]1COC(c1ccccc1)(c1ccc(OC)cc1)c1ccc(OC)cc1)N(C(C)C)C(C)C. The van der Waals surface area contributed by atoms with E-state index < -0.39 is 44.2 Å². The first kappa shape index (κ1) is 45.3. The third-order valence-electron chi connectivity index (χ3n) is 10.1. The predicted octanol–water partition coefficient (Wildman–Crippen LogP) is 8.13. The Morgan fingerprint density at radius 3 is 1.97 bits per heavy atom. The second-order valence-corrected chi connectivity index (χ2v) is 16.4. The van der Waals surface area contributed by atoms with Gasteiger partial charge in [0.2, 0.25) is 5.95 Å². The Balaban J connectivity index is 1.34. The average Bonchev–Trinajstić information content (AvgIpc) is 3.67. The number of benzene rings is 4. The van der Waals surface area contributed by atoms with E-state index in [0.29, 0.717) is 23.9 Å². The van der Waals surface area contributed by atoms with Gasteiger partial charge >= 0.3 is 5.69 Å². The van der Waals surface area contributed by atoms with Crippen molar-refractivity contribution in [3.05, 3.63) is 143 Å². The Bertz CT molecular complexity index is 2120. The molecule has 1 saturated heterocycles. The fourth-order valence-electron chi connectivity index (χ4n) is 7.25. The summed E-state index contributed by atoms with van der Waals surface area (Å²) < 4.78 is 47.6. The first-order chi connectivity index (χ1) is 29.6. The average molecular weight is 854 g/mol. The van der Waals surface area contributed by atoms with Crippen molar-refractivity contribution in [2.75, 3.05) is 39.4 Å². The smallest absolute Gasteiger partial charge is 0.354 e. The van der Waals surface area contributed by atoms with Crippen molar-refractivity contribution < 1.29 is 37.5 Å². The minimum absolute atomic E-state index is 0.0413. The van der Waals surface area contributed by atoms with Crippen LogP contribution in [-0.2, 0) is 28.9 Å². The summed E-state index contributed by atoms with van der Waals surface area (Å²) in [6.07, 6.45) is 0.272. The van der Waals surface area contributed by atoms with Crippen molar-refractivity contribution in [2.45, 2.75) is 83.6 Å². The van der Waals surface area contributed by atoms with Gasteiger partial charge in [-0.15, -0.1) is 0 Å². The molecule has 0 aliphatic carbocycles. The van der Waals surface area contributed by atoms with Crippen LogP contribution < -0.4 is 25.2 Å². The van der Waals surface area contributed by atoms with Crippen LogP contribution in [0.15, 0.2) is 120 Å². The topological polar surface area (TPSA) is 145 Å². The van der Waals surface area contributed by atoms with Gasteiger partial charge in [-0.3, -0.25) is 14.7 Å². The lowest BCUT2D eigenvalue weighted by atomic mass is 9.80. The number of hydrogen-bond donors (Lipinski definition) is 1. The molecule has 1 aliphatic rings. The number of carbonyl (C=O) groups excluding carboxylic acids is 1. The molecule has 0 bridgehead atoms. The van der Waals surface area contributed by atoms with Crippen molar-refractivity contribution in [3.63, 3.8) is 0 Å². The van der Waals surface area contributed by atoms with Crippen LogP contribution in [0.3, 0.4) is 0 Å². The minimum atomic E-state index is -1.57. The molecular formula is C46H56N5O9P. The van der Waals surface area contributed by atoms with E-state index in [2.05, 4.69) is 54.6 Å². The number of nitrogens with one attached hydrogen (secondary N) is 1. The second kappa shape index (κ2) is 21.5. The lowest BCUT2D eigenvalue weighted by Gasteiger charge is -2.39. The van der Waals surface area contributed by atoms with E-state index >= 15 is 0 Å². The van der Waals surface area contributed by atoms with Gasteiger partial charge in [0.25, 0.3) is 14.4 Å². The summed E-state index contributed by atoms with van der Waals surface area (Å²) in [5, 5.41) is 2.55. The monoisotopic (exact) mass is 853 g/mol. The van der Waals surface area contributed by atoms with Crippen LogP contribution in [0.5, 0.6) is 17.2 Å². The molecule has 1 N–H and O–H groups in total. The number of carbonyl (C=O) groups is 1. The Morgan fingerprint density at radius 1 is 0.852 bits per heavy atom. The standard InChI is InChI=1S/C46H56N5O9P/c1-8-27-58-61(51(32(2)3)33(4)5)60-40-28-43(50-31-47-44(49-45(50)53)48-42(52)30-56-39-17-13-10-14-18-39)59-41(40)29-57-46(34-15-11-9-12-16-34,35-19-23-37(54-6)24-20-35)36-21-25-38(55-7)26-22-36/h9-26,31-33,40-41,43H,8,27-30H2,1-7H3,(H,48,49,52,53)/t40-,41-,43-,61?/m1/s1. The van der Waals surface area contributed by atoms with Gasteiger partial charge in [0.15, 0.2) is 6.61 Å².